The molecule has 1 amide bonds. The minimum absolute atomic E-state index is 0.0407. The van der Waals surface area contributed by atoms with Crippen molar-refractivity contribution in [2.75, 3.05) is 20.1 Å². The van der Waals surface area contributed by atoms with E-state index in [9.17, 15) is 9.59 Å². The van der Waals surface area contributed by atoms with Crippen LogP contribution in [0.15, 0.2) is 10.5 Å². The summed E-state index contributed by atoms with van der Waals surface area (Å²) in [5.74, 6) is -0.650. The van der Waals surface area contributed by atoms with E-state index in [4.69, 9.17) is 9.52 Å². The summed E-state index contributed by atoms with van der Waals surface area (Å²) in [7, 11) is 1.58. The number of aryl methyl sites for hydroxylation is 1. The highest BCUT2D eigenvalue weighted by molar-refractivity contribution is 5.86. The predicted molar refractivity (Wildman–Crippen MR) is 65.4 cm³/mol. The molecule has 0 spiro atoms. The minimum Gasteiger partial charge on any atom is -0.475 e. The molecule has 6 heteroatoms. The Morgan fingerprint density at radius 3 is 2.61 bits per heavy atom. The van der Waals surface area contributed by atoms with Crippen LogP contribution in [0.3, 0.4) is 0 Å². The lowest BCUT2D eigenvalue weighted by Crippen LogP contribution is -2.35. The molecule has 0 aliphatic rings. The number of rotatable bonds is 6. The Balaban J connectivity index is 2.73. The first-order chi connectivity index (χ1) is 8.47. The number of carbonyl (C=O) groups is 2. The van der Waals surface area contributed by atoms with E-state index in [-0.39, 0.29) is 18.2 Å². The second-order valence-corrected chi connectivity index (χ2v) is 4.01. The van der Waals surface area contributed by atoms with Crippen molar-refractivity contribution < 1.29 is 19.1 Å². The van der Waals surface area contributed by atoms with Crippen LogP contribution in [-0.2, 0) is 11.3 Å². The third-order valence-electron chi connectivity index (χ3n) is 2.64. The van der Waals surface area contributed by atoms with Gasteiger partial charge in [0.2, 0.25) is 11.7 Å². The van der Waals surface area contributed by atoms with Gasteiger partial charge in [-0.3, -0.25) is 9.69 Å². The van der Waals surface area contributed by atoms with E-state index < -0.39 is 5.97 Å². The molecule has 0 aliphatic heterocycles. The molecule has 0 atom stereocenters. The van der Waals surface area contributed by atoms with Gasteiger partial charge in [0.1, 0.15) is 5.76 Å². The Bertz CT molecular complexity index is 439. The topological polar surface area (TPSA) is 82.8 Å². The molecule has 6 nitrogen and oxygen atoms in total. The van der Waals surface area contributed by atoms with Crippen LogP contribution in [0.2, 0.25) is 0 Å². The van der Waals surface area contributed by atoms with Gasteiger partial charge >= 0.3 is 5.97 Å². The molecule has 1 rings (SSSR count). The molecule has 0 bridgehead atoms. The van der Waals surface area contributed by atoms with E-state index in [1.807, 2.05) is 11.8 Å². The number of carboxylic acids is 1. The first-order valence-corrected chi connectivity index (χ1v) is 5.73. The summed E-state index contributed by atoms with van der Waals surface area (Å²) < 4.78 is 5.25. The minimum atomic E-state index is -1.08. The zero-order chi connectivity index (χ0) is 13.7. The standard InChI is InChI=1S/C12H18N2O4/c1-4-14(7-10(15)13-3)6-9-5-8(2)11(18-9)12(16)17/h5H,4,6-7H2,1-3H3,(H,13,15)(H,16,17). The van der Waals surface area contributed by atoms with Gasteiger partial charge in [-0.25, -0.2) is 4.79 Å². The fourth-order valence-corrected chi connectivity index (χ4v) is 1.62. The Hall–Kier alpha value is -1.82. The highest BCUT2D eigenvalue weighted by atomic mass is 16.4. The zero-order valence-corrected chi connectivity index (χ0v) is 10.8. The van der Waals surface area contributed by atoms with Crippen molar-refractivity contribution in [3.8, 4) is 0 Å². The molecular formula is C12H18N2O4. The summed E-state index contributed by atoms with van der Waals surface area (Å²) in [5, 5.41) is 11.4. The number of furan rings is 1. The van der Waals surface area contributed by atoms with E-state index in [2.05, 4.69) is 5.32 Å². The monoisotopic (exact) mass is 254 g/mol. The molecule has 0 aliphatic carbocycles. The molecule has 100 valence electrons. The van der Waals surface area contributed by atoms with Crippen molar-refractivity contribution in [1.82, 2.24) is 10.2 Å². The summed E-state index contributed by atoms with van der Waals surface area (Å²) in [6.45, 7) is 4.96. The second kappa shape index (κ2) is 6.20. The molecule has 1 heterocycles. The molecule has 0 unspecified atom stereocenters. The quantitative estimate of drug-likeness (QED) is 0.786. The Labute approximate surface area is 106 Å². The summed E-state index contributed by atoms with van der Waals surface area (Å²) in [6, 6.07) is 1.69. The van der Waals surface area contributed by atoms with Crippen LogP contribution in [0.1, 0.15) is 28.8 Å². The number of hydrogen-bond acceptors (Lipinski definition) is 4. The van der Waals surface area contributed by atoms with Crippen LogP contribution in [-0.4, -0.2) is 42.0 Å². The summed E-state index contributed by atoms with van der Waals surface area (Å²) in [5.41, 5.74) is 0.591. The van der Waals surface area contributed by atoms with Crippen molar-refractivity contribution >= 4 is 11.9 Å². The number of nitrogens with one attached hydrogen (secondary N) is 1. The van der Waals surface area contributed by atoms with Crippen LogP contribution in [0.4, 0.5) is 0 Å². The highest BCUT2D eigenvalue weighted by Crippen LogP contribution is 2.16. The van der Waals surface area contributed by atoms with Gasteiger partial charge in [0.25, 0.3) is 0 Å². The maximum Gasteiger partial charge on any atom is 0.372 e. The SMILES string of the molecule is CCN(CC(=O)NC)Cc1cc(C)c(C(=O)O)o1. The van der Waals surface area contributed by atoms with Crippen LogP contribution in [0, 0.1) is 6.92 Å². The molecule has 1 aromatic heterocycles. The third-order valence-corrected chi connectivity index (χ3v) is 2.64. The van der Waals surface area contributed by atoms with Crippen molar-refractivity contribution in [1.29, 1.82) is 0 Å². The van der Waals surface area contributed by atoms with E-state index in [0.29, 0.717) is 24.4 Å². The summed E-state index contributed by atoms with van der Waals surface area (Å²) in [6.07, 6.45) is 0. The maximum absolute atomic E-state index is 11.3. The Kier molecular flexibility index (Phi) is 4.91. The molecule has 2 N–H and O–H groups in total. The third kappa shape index (κ3) is 3.59. The van der Waals surface area contributed by atoms with E-state index in [1.165, 1.54) is 0 Å². The first-order valence-electron chi connectivity index (χ1n) is 5.73. The lowest BCUT2D eigenvalue weighted by Gasteiger charge is -2.17. The fraction of sp³-hybridized carbons (Fsp3) is 0.500. The average molecular weight is 254 g/mol. The number of nitrogens with zero attached hydrogens (tertiary/aromatic N) is 1. The van der Waals surface area contributed by atoms with Crippen molar-refractivity contribution in [2.45, 2.75) is 20.4 Å². The van der Waals surface area contributed by atoms with Crippen LogP contribution >= 0.6 is 0 Å². The van der Waals surface area contributed by atoms with Gasteiger partial charge in [-0.15, -0.1) is 0 Å². The molecule has 0 radical (unpaired) electrons. The highest BCUT2D eigenvalue weighted by Gasteiger charge is 2.16. The lowest BCUT2D eigenvalue weighted by molar-refractivity contribution is -0.121. The normalized spacial score (nSPS) is 10.7. The van der Waals surface area contributed by atoms with Gasteiger partial charge in [-0.05, 0) is 19.5 Å². The van der Waals surface area contributed by atoms with Crippen molar-refractivity contribution in [3.63, 3.8) is 0 Å². The number of likely N-dealkylation sites (N-methyl/N-ethyl adjacent to an activating group) is 2. The smallest absolute Gasteiger partial charge is 0.372 e. The Morgan fingerprint density at radius 1 is 1.50 bits per heavy atom. The number of aromatic carboxylic acids is 1. The van der Waals surface area contributed by atoms with Crippen LogP contribution in [0.5, 0.6) is 0 Å². The van der Waals surface area contributed by atoms with Crippen LogP contribution in [0.25, 0.3) is 0 Å². The Morgan fingerprint density at radius 2 is 2.17 bits per heavy atom. The zero-order valence-electron chi connectivity index (χ0n) is 10.8. The largest absolute Gasteiger partial charge is 0.475 e. The fourth-order valence-electron chi connectivity index (χ4n) is 1.62. The van der Waals surface area contributed by atoms with Crippen LogP contribution < -0.4 is 5.32 Å². The molecule has 0 fully saturated rings. The number of amides is 1. The van der Waals surface area contributed by atoms with Gasteiger partial charge in [0.15, 0.2) is 0 Å². The van der Waals surface area contributed by atoms with E-state index >= 15 is 0 Å². The van der Waals surface area contributed by atoms with Gasteiger partial charge in [-0.1, -0.05) is 6.92 Å². The molecule has 0 saturated carbocycles. The number of hydrogen-bond donors (Lipinski definition) is 2. The second-order valence-electron chi connectivity index (χ2n) is 4.01. The molecule has 1 aromatic rings. The van der Waals surface area contributed by atoms with Crippen molar-refractivity contribution in [3.05, 3.63) is 23.2 Å². The predicted octanol–water partition coefficient (Wildman–Crippen LogP) is 0.854. The average Bonchev–Trinajstić information content (AvgIpc) is 2.69. The van der Waals surface area contributed by atoms with E-state index in [1.54, 1.807) is 20.0 Å². The number of carboxylic acid groups (broad SMARTS) is 1. The van der Waals surface area contributed by atoms with Gasteiger partial charge in [-0.2, -0.15) is 0 Å². The molecule has 0 aromatic carbocycles. The summed E-state index contributed by atoms with van der Waals surface area (Å²) in [4.78, 5) is 24.0. The number of carbonyl (C=O) groups excluding carboxylic acids is 1. The van der Waals surface area contributed by atoms with Gasteiger partial charge in [0, 0.05) is 12.6 Å². The van der Waals surface area contributed by atoms with E-state index in [0.717, 1.165) is 0 Å². The van der Waals surface area contributed by atoms with Crippen molar-refractivity contribution in [2.24, 2.45) is 0 Å². The molecular weight excluding hydrogens is 236 g/mol. The van der Waals surface area contributed by atoms with Gasteiger partial charge < -0.3 is 14.8 Å². The lowest BCUT2D eigenvalue weighted by atomic mass is 10.2. The first kappa shape index (κ1) is 14.2. The maximum atomic E-state index is 11.3. The summed E-state index contributed by atoms with van der Waals surface area (Å²) >= 11 is 0. The van der Waals surface area contributed by atoms with Gasteiger partial charge in [0.05, 0.1) is 13.1 Å². The molecule has 0 saturated heterocycles. The molecule has 18 heavy (non-hydrogen) atoms.